The molecular formula is C22H17FN6O. The fourth-order valence-corrected chi connectivity index (χ4v) is 3.67. The maximum atomic E-state index is 14.6. The minimum atomic E-state index is -0.288. The molecule has 1 aromatic carbocycles. The van der Waals surface area contributed by atoms with Crippen LogP contribution in [0.4, 0.5) is 4.39 Å². The van der Waals surface area contributed by atoms with Crippen LogP contribution < -0.4 is 0 Å². The van der Waals surface area contributed by atoms with Crippen LogP contribution in [0.2, 0.25) is 0 Å². The van der Waals surface area contributed by atoms with Gasteiger partial charge in [0, 0.05) is 28.8 Å². The van der Waals surface area contributed by atoms with Gasteiger partial charge in [-0.3, -0.25) is 9.50 Å². The molecule has 1 saturated carbocycles. The van der Waals surface area contributed by atoms with Gasteiger partial charge in [-0.05, 0) is 49.6 Å². The Morgan fingerprint density at radius 3 is 2.87 bits per heavy atom. The monoisotopic (exact) mass is 400 g/mol. The molecule has 1 fully saturated rings. The first-order valence-electron chi connectivity index (χ1n) is 9.79. The number of rotatable bonds is 4. The molecule has 148 valence electrons. The van der Waals surface area contributed by atoms with Gasteiger partial charge in [0.15, 0.2) is 0 Å². The van der Waals surface area contributed by atoms with E-state index in [0.717, 1.165) is 40.9 Å². The largest absolute Gasteiger partial charge is 0.339 e. The van der Waals surface area contributed by atoms with E-state index in [9.17, 15) is 4.39 Å². The van der Waals surface area contributed by atoms with E-state index in [2.05, 4.69) is 25.3 Å². The zero-order chi connectivity index (χ0) is 20.2. The molecule has 0 saturated heterocycles. The second-order valence-electron chi connectivity index (χ2n) is 7.66. The number of hydrogen-bond acceptors (Lipinski definition) is 5. The molecule has 0 radical (unpaired) electrons. The number of imidazole rings is 1. The van der Waals surface area contributed by atoms with Crippen LogP contribution in [-0.4, -0.2) is 29.7 Å². The fraction of sp³-hybridized carbons (Fsp3) is 0.182. The molecule has 0 aliphatic heterocycles. The number of nitrogens with zero attached hydrogens (tertiary/aromatic N) is 5. The van der Waals surface area contributed by atoms with Crippen molar-refractivity contribution in [2.75, 3.05) is 0 Å². The van der Waals surface area contributed by atoms with E-state index in [1.54, 1.807) is 18.5 Å². The molecule has 0 bridgehead atoms. The predicted octanol–water partition coefficient (Wildman–Crippen LogP) is 4.77. The van der Waals surface area contributed by atoms with Crippen molar-refractivity contribution in [2.45, 2.75) is 25.7 Å². The van der Waals surface area contributed by atoms with Crippen molar-refractivity contribution < 1.29 is 8.91 Å². The van der Waals surface area contributed by atoms with Gasteiger partial charge in [0.2, 0.25) is 11.7 Å². The van der Waals surface area contributed by atoms with E-state index in [1.165, 1.54) is 6.07 Å². The highest BCUT2D eigenvalue weighted by molar-refractivity contribution is 5.81. The summed E-state index contributed by atoms with van der Waals surface area (Å²) in [5, 5.41) is 11.2. The Bertz CT molecular complexity index is 1390. The SMILES string of the molecule is Cc1ccc(-c2[nH]ncc2-c2ccc3ncc(-c4noc(C5CC5)n4)n3c2)c(F)c1. The average molecular weight is 400 g/mol. The van der Waals surface area contributed by atoms with Gasteiger partial charge in [-0.15, -0.1) is 0 Å². The van der Waals surface area contributed by atoms with E-state index in [1.807, 2.05) is 35.7 Å². The molecule has 8 heteroatoms. The average Bonchev–Trinajstić information content (AvgIpc) is 3.15. The molecular weight excluding hydrogens is 383 g/mol. The predicted molar refractivity (Wildman–Crippen MR) is 108 cm³/mol. The standard InChI is InChI=1S/C22H17FN6O/c1-12-2-6-15(17(23)8-12)20-16(9-25-27-20)14-5-7-19-24-10-18(29(19)11-14)21-26-22(30-28-21)13-3-4-13/h2,5-11,13H,3-4H2,1H3,(H,25,27). The highest BCUT2D eigenvalue weighted by Gasteiger charge is 2.30. The highest BCUT2D eigenvalue weighted by Crippen LogP contribution is 2.39. The van der Waals surface area contributed by atoms with Gasteiger partial charge in [-0.25, -0.2) is 9.37 Å². The Kier molecular flexibility index (Phi) is 3.61. The number of aromatic amines is 1. The summed E-state index contributed by atoms with van der Waals surface area (Å²) in [6, 6.07) is 9.02. The maximum absolute atomic E-state index is 14.6. The molecule has 0 amide bonds. The number of hydrogen-bond donors (Lipinski definition) is 1. The van der Waals surface area contributed by atoms with E-state index < -0.39 is 0 Å². The Hall–Kier alpha value is -3.81. The van der Waals surface area contributed by atoms with Gasteiger partial charge < -0.3 is 4.52 Å². The quantitative estimate of drug-likeness (QED) is 0.470. The van der Waals surface area contributed by atoms with Crippen molar-refractivity contribution in [1.29, 1.82) is 0 Å². The number of benzene rings is 1. The summed E-state index contributed by atoms with van der Waals surface area (Å²) >= 11 is 0. The molecule has 4 aromatic heterocycles. The van der Waals surface area contributed by atoms with Gasteiger partial charge in [-0.2, -0.15) is 10.1 Å². The summed E-state index contributed by atoms with van der Waals surface area (Å²) in [4.78, 5) is 8.98. The topological polar surface area (TPSA) is 84.9 Å². The van der Waals surface area contributed by atoms with Crippen molar-refractivity contribution in [3.8, 4) is 33.9 Å². The minimum absolute atomic E-state index is 0.288. The Labute approximate surface area is 170 Å². The highest BCUT2D eigenvalue weighted by atomic mass is 19.1. The molecule has 1 aliphatic carbocycles. The third-order valence-corrected chi connectivity index (χ3v) is 5.45. The van der Waals surface area contributed by atoms with Gasteiger partial charge in [0.05, 0.1) is 18.1 Å². The minimum Gasteiger partial charge on any atom is -0.339 e. The van der Waals surface area contributed by atoms with Crippen LogP contribution in [0.3, 0.4) is 0 Å². The van der Waals surface area contributed by atoms with Crippen LogP contribution in [-0.2, 0) is 0 Å². The first-order valence-corrected chi connectivity index (χ1v) is 9.79. The molecule has 1 N–H and O–H groups in total. The van der Waals surface area contributed by atoms with Crippen LogP contribution >= 0.6 is 0 Å². The maximum Gasteiger partial charge on any atom is 0.230 e. The van der Waals surface area contributed by atoms with E-state index in [4.69, 9.17) is 4.52 Å². The summed E-state index contributed by atoms with van der Waals surface area (Å²) < 4.78 is 21.9. The fourth-order valence-electron chi connectivity index (χ4n) is 3.67. The number of fused-ring (bicyclic) bond motifs is 1. The van der Waals surface area contributed by atoms with Gasteiger partial charge in [0.25, 0.3) is 0 Å². The summed E-state index contributed by atoms with van der Waals surface area (Å²) in [7, 11) is 0. The second kappa shape index (κ2) is 6.35. The number of nitrogens with one attached hydrogen (secondary N) is 1. The molecule has 0 unspecified atom stereocenters. The Morgan fingerprint density at radius 1 is 1.13 bits per heavy atom. The lowest BCUT2D eigenvalue weighted by molar-refractivity contribution is 0.380. The van der Waals surface area contributed by atoms with Crippen LogP contribution in [0.5, 0.6) is 0 Å². The summed E-state index contributed by atoms with van der Waals surface area (Å²) in [6.07, 6.45) is 7.56. The lowest BCUT2D eigenvalue weighted by Gasteiger charge is -2.07. The number of aromatic nitrogens is 6. The molecule has 1 aliphatic rings. The van der Waals surface area contributed by atoms with Crippen molar-refractivity contribution in [2.24, 2.45) is 0 Å². The van der Waals surface area contributed by atoms with Gasteiger partial charge in [0.1, 0.15) is 17.2 Å². The van der Waals surface area contributed by atoms with Gasteiger partial charge >= 0.3 is 0 Å². The van der Waals surface area contributed by atoms with Crippen LogP contribution in [0.25, 0.3) is 39.5 Å². The number of aryl methyl sites for hydroxylation is 1. The normalized spacial score (nSPS) is 13.9. The lowest BCUT2D eigenvalue weighted by Crippen LogP contribution is -1.93. The lowest BCUT2D eigenvalue weighted by atomic mass is 10.0. The molecule has 0 atom stereocenters. The number of H-pyrrole nitrogens is 1. The third kappa shape index (κ3) is 2.72. The van der Waals surface area contributed by atoms with Crippen molar-refractivity contribution in [3.63, 3.8) is 0 Å². The Balaban J connectivity index is 1.46. The molecule has 6 rings (SSSR count). The van der Waals surface area contributed by atoms with Crippen LogP contribution in [0.15, 0.2) is 53.4 Å². The second-order valence-corrected chi connectivity index (χ2v) is 7.66. The summed E-state index contributed by atoms with van der Waals surface area (Å²) in [5.74, 6) is 1.30. The van der Waals surface area contributed by atoms with E-state index >= 15 is 0 Å². The molecule has 5 aromatic rings. The zero-order valence-electron chi connectivity index (χ0n) is 16.1. The van der Waals surface area contributed by atoms with E-state index in [0.29, 0.717) is 28.9 Å². The Morgan fingerprint density at radius 2 is 2.03 bits per heavy atom. The first-order chi connectivity index (χ1) is 14.7. The van der Waals surface area contributed by atoms with Crippen molar-refractivity contribution in [1.82, 2.24) is 29.7 Å². The molecule has 0 spiro atoms. The molecule has 4 heterocycles. The zero-order valence-corrected chi connectivity index (χ0v) is 16.1. The van der Waals surface area contributed by atoms with Crippen molar-refractivity contribution >= 4 is 5.65 Å². The van der Waals surface area contributed by atoms with Crippen LogP contribution in [0, 0.1) is 12.7 Å². The van der Waals surface area contributed by atoms with E-state index in [-0.39, 0.29) is 5.82 Å². The number of halogens is 1. The summed E-state index contributed by atoms with van der Waals surface area (Å²) in [5.41, 5.74) is 5.15. The van der Waals surface area contributed by atoms with Crippen molar-refractivity contribution in [3.05, 3.63) is 66.2 Å². The smallest absolute Gasteiger partial charge is 0.230 e. The number of pyridine rings is 1. The van der Waals surface area contributed by atoms with Crippen LogP contribution in [0.1, 0.15) is 30.2 Å². The summed E-state index contributed by atoms with van der Waals surface area (Å²) in [6.45, 7) is 1.86. The van der Waals surface area contributed by atoms with Gasteiger partial charge in [-0.1, -0.05) is 11.2 Å². The first kappa shape index (κ1) is 17.1. The third-order valence-electron chi connectivity index (χ3n) is 5.45. The molecule has 7 nitrogen and oxygen atoms in total. The molecule has 30 heavy (non-hydrogen) atoms.